The largest absolute Gasteiger partial charge is 0.486 e. The Hall–Kier alpha value is -2.01. The molecular weight excluding hydrogens is 302 g/mol. The highest BCUT2D eigenvalue weighted by Crippen LogP contribution is 2.42. The molecule has 126 valence electrons. The number of hydrogen-bond acceptors (Lipinski definition) is 4. The van der Waals surface area contributed by atoms with Crippen LogP contribution < -0.4 is 9.47 Å². The van der Waals surface area contributed by atoms with Crippen molar-refractivity contribution in [3.05, 3.63) is 40.2 Å². The lowest BCUT2D eigenvalue weighted by atomic mass is 10.0. The molecule has 2 aliphatic heterocycles. The van der Waals surface area contributed by atoms with Crippen LogP contribution in [0.15, 0.2) is 12.1 Å². The molecule has 24 heavy (non-hydrogen) atoms. The summed E-state index contributed by atoms with van der Waals surface area (Å²) >= 11 is 0. The van der Waals surface area contributed by atoms with Crippen molar-refractivity contribution < 1.29 is 9.47 Å². The van der Waals surface area contributed by atoms with E-state index >= 15 is 0 Å². The van der Waals surface area contributed by atoms with E-state index in [0.717, 1.165) is 37.6 Å². The number of hydrogen-bond donors (Lipinski definition) is 1. The summed E-state index contributed by atoms with van der Waals surface area (Å²) in [6, 6.07) is 4.28. The van der Waals surface area contributed by atoms with Crippen LogP contribution in [-0.4, -0.2) is 34.9 Å². The zero-order chi connectivity index (χ0) is 16.1. The monoisotopic (exact) mass is 325 g/mol. The molecule has 0 bridgehead atoms. The average Bonchev–Trinajstić information content (AvgIpc) is 3.35. The molecule has 5 rings (SSSR count). The van der Waals surface area contributed by atoms with Crippen LogP contribution in [0.3, 0.4) is 0 Å². The molecule has 1 aliphatic carbocycles. The number of aromatic nitrogens is 2. The Morgan fingerprint density at radius 2 is 2.00 bits per heavy atom. The van der Waals surface area contributed by atoms with Crippen molar-refractivity contribution in [2.75, 3.05) is 19.8 Å². The Labute approximate surface area is 142 Å². The third-order valence-electron chi connectivity index (χ3n) is 5.40. The number of aryl methyl sites for hydroxylation is 1. The van der Waals surface area contributed by atoms with E-state index in [1.54, 1.807) is 0 Å². The van der Waals surface area contributed by atoms with Gasteiger partial charge in [-0.1, -0.05) is 0 Å². The number of aromatic amines is 1. The molecule has 1 aromatic heterocycles. The maximum atomic E-state index is 5.75. The van der Waals surface area contributed by atoms with Crippen LogP contribution >= 0.6 is 0 Å². The number of nitrogens with zero attached hydrogens (tertiary/aromatic N) is 2. The number of benzene rings is 1. The van der Waals surface area contributed by atoms with E-state index in [1.807, 2.05) is 0 Å². The molecule has 0 saturated heterocycles. The predicted octanol–water partition coefficient (Wildman–Crippen LogP) is 2.93. The molecule has 0 atom stereocenters. The van der Waals surface area contributed by atoms with Gasteiger partial charge in [0.1, 0.15) is 13.2 Å². The minimum absolute atomic E-state index is 0.641. The first-order valence-corrected chi connectivity index (χ1v) is 8.95. The van der Waals surface area contributed by atoms with E-state index in [9.17, 15) is 0 Å². The minimum atomic E-state index is 0.641. The van der Waals surface area contributed by atoms with Crippen LogP contribution in [0.4, 0.5) is 0 Å². The highest BCUT2D eigenvalue weighted by molar-refractivity contribution is 5.47. The van der Waals surface area contributed by atoms with Crippen molar-refractivity contribution in [2.24, 2.45) is 0 Å². The van der Waals surface area contributed by atoms with Gasteiger partial charge in [0.05, 0.1) is 5.69 Å². The molecule has 5 heteroatoms. The molecular formula is C19H23N3O2. The zero-order valence-corrected chi connectivity index (χ0v) is 14.1. The maximum absolute atomic E-state index is 5.75. The lowest BCUT2D eigenvalue weighted by Crippen LogP contribution is -2.30. The first kappa shape index (κ1) is 14.3. The van der Waals surface area contributed by atoms with Gasteiger partial charge in [-0.05, 0) is 43.0 Å². The summed E-state index contributed by atoms with van der Waals surface area (Å²) in [5.41, 5.74) is 6.75. The number of H-pyrrole nitrogens is 1. The number of ether oxygens (including phenoxy) is 2. The normalized spacial score (nSPS) is 20.0. The van der Waals surface area contributed by atoms with E-state index < -0.39 is 0 Å². The minimum Gasteiger partial charge on any atom is -0.486 e. The van der Waals surface area contributed by atoms with Crippen LogP contribution in [0.25, 0.3) is 0 Å². The van der Waals surface area contributed by atoms with Gasteiger partial charge in [-0.25, -0.2) is 0 Å². The van der Waals surface area contributed by atoms with Crippen molar-refractivity contribution in [3.8, 4) is 11.5 Å². The van der Waals surface area contributed by atoms with Gasteiger partial charge in [-0.3, -0.25) is 10.00 Å². The fourth-order valence-electron chi connectivity index (χ4n) is 3.85. The molecule has 3 heterocycles. The Kier molecular flexibility index (Phi) is 3.30. The Morgan fingerprint density at radius 1 is 1.21 bits per heavy atom. The van der Waals surface area contributed by atoms with E-state index in [4.69, 9.17) is 9.47 Å². The van der Waals surface area contributed by atoms with Crippen molar-refractivity contribution in [1.29, 1.82) is 0 Å². The molecule has 1 saturated carbocycles. The van der Waals surface area contributed by atoms with E-state index in [2.05, 4.69) is 34.2 Å². The van der Waals surface area contributed by atoms with Gasteiger partial charge in [0.25, 0.3) is 0 Å². The second-order valence-electron chi connectivity index (χ2n) is 7.22. The first-order chi connectivity index (χ1) is 11.8. The molecule has 0 amide bonds. The van der Waals surface area contributed by atoms with Gasteiger partial charge in [0.15, 0.2) is 11.5 Å². The third-order valence-corrected chi connectivity index (χ3v) is 5.40. The summed E-state index contributed by atoms with van der Waals surface area (Å²) in [6.07, 6.45) is 3.68. The molecule has 0 unspecified atom stereocenters. The lowest BCUT2D eigenvalue weighted by Gasteiger charge is -2.28. The zero-order valence-electron chi connectivity index (χ0n) is 14.1. The second kappa shape index (κ2) is 5.52. The highest BCUT2D eigenvalue weighted by atomic mass is 16.6. The number of rotatable bonds is 3. The van der Waals surface area contributed by atoms with Crippen molar-refractivity contribution >= 4 is 0 Å². The molecule has 3 aliphatic rings. The first-order valence-electron chi connectivity index (χ1n) is 8.95. The lowest BCUT2D eigenvalue weighted by molar-refractivity contribution is 0.170. The van der Waals surface area contributed by atoms with Gasteiger partial charge in [0, 0.05) is 43.2 Å². The standard InChI is InChI=1S/C19H23N3O2/c1-12-8-17-18(24-7-6-23-17)9-14(12)10-22-5-4-16-15(11-22)19(21-20-16)13-2-3-13/h8-9,13H,2-7,10-11H2,1H3,(H,20,21). The van der Waals surface area contributed by atoms with Crippen LogP contribution in [0.1, 0.15) is 46.8 Å². The predicted molar refractivity (Wildman–Crippen MR) is 90.5 cm³/mol. The summed E-state index contributed by atoms with van der Waals surface area (Å²) in [6.45, 7) is 6.49. The molecule has 0 radical (unpaired) electrons. The van der Waals surface area contributed by atoms with Gasteiger partial charge < -0.3 is 9.47 Å². The number of nitrogens with one attached hydrogen (secondary N) is 1. The van der Waals surface area contributed by atoms with Gasteiger partial charge >= 0.3 is 0 Å². The van der Waals surface area contributed by atoms with Crippen molar-refractivity contribution in [3.63, 3.8) is 0 Å². The Balaban J connectivity index is 1.37. The Bertz CT molecular complexity index is 779. The van der Waals surface area contributed by atoms with E-state index in [0.29, 0.717) is 19.1 Å². The van der Waals surface area contributed by atoms with Crippen LogP contribution in [0.2, 0.25) is 0 Å². The third kappa shape index (κ3) is 2.47. The van der Waals surface area contributed by atoms with Gasteiger partial charge in [0.2, 0.25) is 0 Å². The van der Waals surface area contributed by atoms with Crippen molar-refractivity contribution in [2.45, 2.75) is 45.2 Å². The molecule has 0 spiro atoms. The average molecular weight is 325 g/mol. The summed E-state index contributed by atoms with van der Waals surface area (Å²) < 4.78 is 11.4. The fraction of sp³-hybridized carbons (Fsp3) is 0.526. The van der Waals surface area contributed by atoms with Crippen LogP contribution in [-0.2, 0) is 19.5 Å². The summed E-state index contributed by atoms with van der Waals surface area (Å²) in [5.74, 6) is 2.48. The Morgan fingerprint density at radius 3 is 2.79 bits per heavy atom. The van der Waals surface area contributed by atoms with E-state index in [-0.39, 0.29) is 0 Å². The smallest absolute Gasteiger partial charge is 0.161 e. The van der Waals surface area contributed by atoms with E-state index in [1.165, 1.54) is 40.9 Å². The molecule has 2 aromatic rings. The van der Waals surface area contributed by atoms with Crippen LogP contribution in [0, 0.1) is 6.92 Å². The highest BCUT2D eigenvalue weighted by Gasteiger charge is 2.32. The summed E-state index contributed by atoms with van der Waals surface area (Å²) in [7, 11) is 0. The molecule has 1 N–H and O–H groups in total. The summed E-state index contributed by atoms with van der Waals surface area (Å²) in [5, 5.41) is 7.86. The number of fused-ring (bicyclic) bond motifs is 2. The quantitative estimate of drug-likeness (QED) is 0.943. The second-order valence-corrected chi connectivity index (χ2v) is 7.22. The molecule has 1 aromatic carbocycles. The summed E-state index contributed by atoms with van der Waals surface area (Å²) in [4.78, 5) is 2.53. The maximum Gasteiger partial charge on any atom is 0.161 e. The van der Waals surface area contributed by atoms with Gasteiger partial charge in [-0.15, -0.1) is 0 Å². The van der Waals surface area contributed by atoms with Crippen LogP contribution in [0.5, 0.6) is 11.5 Å². The molecule has 5 nitrogen and oxygen atoms in total. The topological polar surface area (TPSA) is 50.4 Å². The SMILES string of the molecule is Cc1cc2c(cc1CN1CCc3[nH]nc(C4CC4)c3C1)OCCO2. The van der Waals surface area contributed by atoms with Crippen molar-refractivity contribution in [1.82, 2.24) is 15.1 Å². The van der Waals surface area contributed by atoms with Gasteiger partial charge in [-0.2, -0.15) is 5.10 Å². The molecule has 1 fully saturated rings. The fourth-order valence-corrected chi connectivity index (χ4v) is 3.85.